The standard InChI is InChI=1S/C19H26F2N6O2/c1-13-12-29-9-8-24(13)15-10-16(28)25-7-5-19(2,3)26(18(25)23-15)11-14-4-6-22-27(14)17(20)21/h4,6,10,13,17H,5,7-9,11-12H2,1-3H3. The highest BCUT2D eigenvalue weighted by Gasteiger charge is 2.36. The van der Waals surface area contributed by atoms with E-state index in [1.54, 1.807) is 16.7 Å². The first-order valence-corrected chi connectivity index (χ1v) is 9.82. The lowest BCUT2D eigenvalue weighted by atomic mass is 9.96. The maximum absolute atomic E-state index is 13.3. The summed E-state index contributed by atoms with van der Waals surface area (Å²) in [6, 6.07) is 3.24. The van der Waals surface area contributed by atoms with Crippen molar-refractivity contribution in [1.82, 2.24) is 19.3 Å². The zero-order chi connectivity index (χ0) is 20.8. The molecular weight excluding hydrogens is 382 g/mol. The Hall–Kier alpha value is -2.49. The summed E-state index contributed by atoms with van der Waals surface area (Å²) in [4.78, 5) is 21.7. The number of hydrogen-bond acceptors (Lipinski definition) is 6. The van der Waals surface area contributed by atoms with E-state index in [4.69, 9.17) is 9.72 Å². The number of aromatic nitrogens is 4. The van der Waals surface area contributed by atoms with Gasteiger partial charge in [0, 0.05) is 30.9 Å². The van der Waals surface area contributed by atoms with Gasteiger partial charge in [-0.2, -0.15) is 18.9 Å². The molecule has 0 spiro atoms. The summed E-state index contributed by atoms with van der Waals surface area (Å²) < 4.78 is 34.5. The van der Waals surface area contributed by atoms with Crippen LogP contribution in [0.4, 0.5) is 20.5 Å². The smallest absolute Gasteiger partial charge is 0.333 e. The zero-order valence-electron chi connectivity index (χ0n) is 16.9. The van der Waals surface area contributed by atoms with E-state index in [1.165, 1.54) is 6.20 Å². The van der Waals surface area contributed by atoms with Crippen LogP contribution >= 0.6 is 0 Å². The number of hydrogen-bond donors (Lipinski definition) is 0. The average molecular weight is 408 g/mol. The molecule has 4 rings (SSSR count). The first kappa shape index (κ1) is 19.8. The molecule has 158 valence electrons. The predicted octanol–water partition coefficient (Wildman–Crippen LogP) is 2.25. The van der Waals surface area contributed by atoms with Crippen LogP contribution in [0.5, 0.6) is 0 Å². The molecule has 10 heteroatoms. The van der Waals surface area contributed by atoms with Gasteiger partial charge in [0.15, 0.2) is 0 Å². The molecule has 8 nitrogen and oxygen atoms in total. The van der Waals surface area contributed by atoms with Crippen molar-refractivity contribution in [1.29, 1.82) is 0 Å². The van der Waals surface area contributed by atoms with Crippen LogP contribution in [-0.2, 0) is 17.8 Å². The summed E-state index contributed by atoms with van der Waals surface area (Å²) in [5.74, 6) is 1.10. The van der Waals surface area contributed by atoms with Crippen molar-refractivity contribution in [3.8, 4) is 0 Å². The van der Waals surface area contributed by atoms with Gasteiger partial charge in [0.1, 0.15) is 5.82 Å². The number of ether oxygens (including phenoxy) is 1. The lowest BCUT2D eigenvalue weighted by molar-refractivity contribution is 0.0531. The highest BCUT2D eigenvalue weighted by atomic mass is 19.3. The van der Waals surface area contributed by atoms with Gasteiger partial charge in [-0.3, -0.25) is 9.36 Å². The van der Waals surface area contributed by atoms with Crippen LogP contribution in [0.3, 0.4) is 0 Å². The third-order valence-corrected chi connectivity index (χ3v) is 5.81. The van der Waals surface area contributed by atoms with Gasteiger partial charge < -0.3 is 14.5 Å². The largest absolute Gasteiger partial charge is 0.377 e. The second-order valence-electron chi connectivity index (χ2n) is 8.21. The van der Waals surface area contributed by atoms with E-state index in [9.17, 15) is 13.6 Å². The lowest BCUT2D eigenvalue weighted by Crippen LogP contribution is -2.52. The van der Waals surface area contributed by atoms with Crippen molar-refractivity contribution in [3.63, 3.8) is 0 Å². The van der Waals surface area contributed by atoms with E-state index in [1.807, 2.05) is 25.7 Å². The summed E-state index contributed by atoms with van der Waals surface area (Å²) in [7, 11) is 0. The Bertz CT molecular complexity index is 941. The molecule has 29 heavy (non-hydrogen) atoms. The minimum atomic E-state index is -2.72. The molecule has 1 atom stereocenters. The maximum Gasteiger partial charge on any atom is 0.333 e. The van der Waals surface area contributed by atoms with Gasteiger partial charge in [-0.25, -0.2) is 4.68 Å². The molecule has 0 aromatic carbocycles. The molecule has 1 saturated heterocycles. The van der Waals surface area contributed by atoms with Gasteiger partial charge in [-0.1, -0.05) is 0 Å². The fraction of sp³-hybridized carbons (Fsp3) is 0.632. The van der Waals surface area contributed by atoms with E-state index < -0.39 is 6.55 Å². The molecule has 2 aromatic rings. The average Bonchev–Trinajstić information content (AvgIpc) is 3.13. The fourth-order valence-electron chi connectivity index (χ4n) is 3.99. The summed E-state index contributed by atoms with van der Waals surface area (Å²) >= 11 is 0. The van der Waals surface area contributed by atoms with Gasteiger partial charge in [-0.05, 0) is 33.3 Å². The molecule has 0 N–H and O–H groups in total. The number of rotatable bonds is 4. The summed E-state index contributed by atoms with van der Waals surface area (Å²) in [6.45, 7) is 5.91. The molecule has 4 heterocycles. The van der Waals surface area contributed by atoms with E-state index >= 15 is 0 Å². The minimum absolute atomic E-state index is 0.101. The molecule has 1 unspecified atom stereocenters. The normalized spacial score (nSPS) is 21.5. The van der Waals surface area contributed by atoms with Crippen LogP contribution in [0.25, 0.3) is 0 Å². The number of nitrogens with zero attached hydrogens (tertiary/aromatic N) is 6. The molecule has 2 aromatic heterocycles. The third-order valence-electron chi connectivity index (χ3n) is 5.81. The van der Waals surface area contributed by atoms with E-state index in [-0.39, 0.29) is 23.7 Å². The van der Waals surface area contributed by atoms with Gasteiger partial charge in [0.2, 0.25) is 5.95 Å². The third kappa shape index (κ3) is 3.61. The summed E-state index contributed by atoms with van der Waals surface area (Å²) in [5.41, 5.74) is -0.112. The molecule has 0 amide bonds. The Morgan fingerprint density at radius 3 is 2.86 bits per heavy atom. The second-order valence-corrected chi connectivity index (χ2v) is 8.21. The highest BCUT2D eigenvalue weighted by Crippen LogP contribution is 2.33. The van der Waals surface area contributed by atoms with Crippen LogP contribution in [0.2, 0.25) is 0 Å². The Morgan fingerprint density at radius 2 is 2.14 bits per heavy atom. The first-order valence-electron chi connectivity index (χ1n) is 9.82. The minimum Gasteiger partial charge on any atom is -0.377 e. The van der Waals surface area contributed by atoms with Crippen molar-refractivity contribution < 1.29 is 13.5 Å². The van der Waals surface area contributed by atoms with E-state index in [0.29, 0.717) is 54.9 Å². The van der Waals surface area contributed by atoms with Crippen molar-refractivity contribution in [2.24, 2.45) is 0 Å². The highest BCUT2D eigenvalue weighted by molar-refractivity contribution is 5.48. The molecule has 2 aliphatic heterocycles. The van der Waals surface area contributed by atoms with E-state index in [0.717, 1.165) is 0 Å². The van der Waals surface area contributed by atoms with Gasteiger partial charge in [0.25, 0.3) is 5.56 Å². The topological polar surface area (TPSA) is 68.4 Å². The maximum atomic E-state index is 13.3. The van der Waals surface area contributed by atoms with E-state index in [2.05, 4.69) is 10.00 Å². The molecule has 2 aliphatic rings. The molecule has 0 aliphatic carbocycles. The molecule has 0 saturated carbocycles. The van der Waals surface area contributed by atoms with Crippen LogP contribution < -0.4 is 15.4 Å². The second kappa shape index (κ2) is 7.40. The Labute approximate surface area is 167 Å². The number of fused-ring (bicyclic) bond motifs is 1. The van der Waals surface area contributed by atoms with Crippen LogP contribution in [-0.4, -0.2) is 50.7 Å². The Balaban J connectivity index is 1.77. The molecule has 0 bridgehead atoms. The lowest BCUT2D eigenvalue weighted by Gasteiger charge is -2.45. The zero-order valence-corrected chi connectivity index (χ0v) is 16.9. The van der Waals surface area contributed by atoms with Crippen LogP contribution in [0.1, 0.15) is 39.4 Å². The Kier molecular flexibility index (Phi) is 5.05. The SMILES string of the molecule is CC1COCCN1c1cc(=O)n2c(n1)N(Cc1ccnn1C(F)F)C(C)(C)CC2. The van der Waals surface area contributed by atoms with Gasteiger partial charge in [-0.15, -0.1) is 0 Å². The van der Waals surface area contributed by atoms with Gasteiger partial charge >= 0.3 is 6.55 Å². The predicted molar refractivity (Wildman–Crippen MR) is 104 cm³/mol. The summed E-state index contributed by atoms with van der Waals surface area (Å²) in [6.07, 6.45) is 2.07. The first-order chi connectivity index (χ1) is 13.8. The number of morpholine rings is 1. The molecule has 0 radical (unpaired) electrons. The Morgan fingerprint density at radius 1 is 1.34 bits per heavy atom. The quantitative estimate of drug-likeness (QED) is 0.773. The molecule has 1 fully saturated rings. The molecular formula is C19H26F2N6O2. The number of halogens is 2. The monoisotopic (exact) mass is 408 g/mol. The van der Waals surface area contributed by atoms with Crippen molar-refractivity contribution in [2.75, 3.05) is 29.6 Å². The van der Waals surface area contributed by atoms with Gasteiger partial charge in [0.05, 0.1) is 31.5 Å². The van der Waals surface area contributed by atoms with Crippen molar-refractivity contribution in [2.45, 2.75) is 58.4 Å². The van der Waals surface area contributed by atoms with Crippen LogP contribution in [0.15, 0.2) is 23.1 Å². The number of alkyl halides is 2. The van der Waals surface area contributed by atoms with Crippen molar-refractivity contribution in [3.05, 3.63) is 34.4 Å². The fourth-order valence-corrected chi connectivity index (χ4v) is 3.99. The van der Waals surface area contributed by atoms with Crippen LogP contribution in [0, 0.1) is 0 Å². The summed E-state index contributed by atoms with van der Waals surface area (Å²) in [5, 5.41) is 3.73. The van der Waals surface area contributed by atoms with Crippen molar-refractivity contribution >= 4 is 11.8 Å². The number of anilines is 2.